The molecule has 6 heteroatoms. The van der Waals surface area contributed by atoms with Crippen LogP contribution in [0.2, 0.25) is 0 Å². The molecule has 0 aliphatic carbocycles. The summed E-state index contributed by atoms with van der Waals surface area (Å²) in [6, 6.07) is 3.40. The fourth-order valence-electron chi connectivity index (χ4n) is 2.14. The lowest BCUT2D eigenvalue weighted by atomic mass is 10.0. The van der Waals surface area contributed by atoms with Crippen molar-refractivity contribution in [3.63, 3.8) is 0 Å². The molecule has 0 radical (unpaired) electrons. The van der Waals surface area contributed by atoms with Crippen molar-refractivity contribution in [2.45, 2.75) is 26.8 Å². The van der Waals surface area contributed by atoms with Crippen LogP contribution in [0.15, 0.2) is 18.2 Å². The summed E-state index contributed by atoms with van der Waals surface area (Å²) in [4.78, 5) is 23.8. The zero-order valence-corrected chi connectivity index (χ0v) is 12.8. The van der Waals surface area contributed by atoms with Crippen molar-refractivity contribution in [1.82, 2.24) is 5.32 Å². The molecule has 1 amide bonds. The van der Waals surface area contributed by atoms with Gasteiger partial charge in [-0.25, -0.2) is 9.18 Å². The van der Waals surface area contributed by atoms with Crippen molar-refractivity contribution in [3.05, 3.63) is 34.5 Å². The number of hydrogen-bond acceptors (Lipinski definition) is 3. The molecule has 2 aromatic rings. The van der Waals surface area contributed by atoms with Crippen molar-refractivity contribution in [1.29, 1.82) is 0 Å². The minimum Gasteiger partial charge on any atom is -0.480 e. The molecule has 0 unspecified atom stereocenters. The maximum Gasteiger partial charge on any atom is 0.326 e. The van der Waals surface area contributed by atoms with Crippen LogP contribution in [0.1, 0.15) is 29.1 Å². The van der Waals surface area contributed by atoms with E-state index in [1.54, 1.807) is 26.8 Å². The molecule has 112 valence electrons. The SMILES string of the molecule is Cc1c(C(=O)N[C@@H](C(=O)O)C(C)C)sc2cc(F)ccc12. The van der Waals surface area contributed by atoms with E-state index in [4.69, 9.17) is 5.11 Å². The van der Waals surface area contributed by atoms with Gasteiger partial charge in [0, 0.05) is 4.70 Å². The summed E-state index contributed by atoms with van der Waals surface area (Å²) >= 11 is 1.17. The van der Waals surface area contributed by atoms with Crippen LogP contribution in [-0.2, 0) is 4.79 Å². The van der Waals surface area contributed by atoms with Crippen molar-refractivity contribution < 1.29 is 19.1 Å². The maximum absolute atomic E-state index is 13.2. The largest absolute Gasteiger partial charge is 0.480 e. The quantitative estimate of drug-likeness (QED) is 0.911. The van der Waals surface area contributed by atoms with Gasteiger partial charge >= 0.3 is 5.97 Å². The first-order chi connectivity index (χ1) is 9.81. The zero-order valence-electron chi connectivity index (χ0n) is 11.9. The standard InChI is InChI=1S/C15H16FNO3S/c1-7(2)12(15(19)20)17-14(18)13-8(3)10-5-4-9(16)6-11(10)21-13/h4-7,12H,1-3H3,(H,17,18)(H,19,20)/t12-/m1/s1. The van der Waals surface area contributed by atoms with Crippen LogP contribution in [0.3, 0.4) is 0 Å². The van der Waals surface area contributed by atoms with Gasteiger partial charge in [0.05, 0.1) is 4.88 Å². The number of fused-ring (bicyclic) bond motifs is 1. The van der Waals surface area contributed by atoms with Gasteiger partial charge in [-0.1, -0.05) is 19.9 Å². The van der Waals surface area contributed by atoms with E-state index in [1.807, 2.05) is 0 Å². The summed E-state index contributed by atoms with van der Waals surface area (Å²) in [5.41, 5.74) is 0.736. The Balaban J connectivity index is 2.35. The predicted molar refractivity (Wildman–Crippen MR) is 80.2 cm³/mol. The minimum atomic E-state index is -1.07. The molecule has 0 fully saturated rings. The second-order valence-corrected chi connectivity index (χ2v) is 6.28. The van der Waals surface area contributed by atoms with E-state index in [9.17, 15) is 14.0 Å². The van der Waals surface area contributed by atoms with Crippen LogP contribution in [0.4, 0.5) is 4.39 Å². The molecule has 2 rings (SSSR count). The van der Waals surface area contributed by atoms with Gasteiger partial charge in [-0.3, -0.25) is 4.79 Å². The van der Waals surface area contributed by atoms with Crippen LogP contribution in [0.25, 0.3) is 10.1 Å². The van der Waals surface area contributed by atoms with Gasteiger partial charge in [0.25, 0.3) is 5.91 Å². The van der Waals surface area contributed by atoms with Crippen molar-refractivity contribution in [2.75, 3.05) is 0 Å². The van der Waals surface area contributed by atoms with Gasteiger partial charge in [-0.2, -0.15) is 0 Å². The average molecular weight is 309 g/mol. The summed E-state index contributed by atoms with van der Waals surface area (Å²) in [7, 11) is 0. The highest BCUT2D eigenvalue weighted by Crippen LogP contribution is 2.31. The Morgan fingerprint density at radius 1 is 1.33 bits per heavy atom. The van der Waals surface area contributed by atoms with E-state index in [1.165, 1.54) is 23.5 Å². The first-order valence-corrected chi connectivity index (χ1v) is 7.35. The van der Waals surface area contributed by atoms with Crippen molar-refractivity contribution >= 4 is 33.3 Å². The molecule has 1 aromatic heterocycles. The smallest absolute Gasteiger partial charge is 0.326 e. The van der Waals surface area contributed by atoms with Gasteiger partial charge < -0.3 is 10.4 Å². The Morgan fingerprint density at radius 3 is 2.57 bits per heavy atom. The highest BCUT2D eigenvalue weighted by atomic mass is 32.1. The fourth-order valence-corrected chi connectivity index (χ4v) is 3.27. The van der Waals surface area contributed by atoms with E-state index in [-0.39, 0.29) is 11.7 Å². The second-order valence-electron chi connectivity index (χ2n) is 5.23. The fraction of sp³-hybridized carbons (Fsp3) is 0.333. The number of amides is 1. The summed E-state index contributed by atoms with van der Waals surface area (Å²) in [6.45, 7) is 5.23. The van der Waals surface area contributed by atoms with Crippen LogP contribution in [0, 0.1) is 18.7 Å². The summed E-state index contributed by atoms with van der Waals surface area (Å²) in [5, 5.41) is 12.5. The Bertz CT molecular complexity index is 708. The first-order valence-electron chi connectivity index (χ1n) is 6.53. The number of aryl methyl sites for hydroxylation is 1. The molecule has 1 heterocycles. The molecule has 2 N–H and O–H groups in total. The van der Waals surface area contributed by atoms with Gasteiger partial charge in [-0.15, -0.1) is 11.3 Å². The number of carboxylic acid groups (broad SMARTS) is 1. The Labute approximate surface area is 125 Å². The number of rotatable bonds is 4. The zero-order chi connectivity index (χ0) is 15.7. The van der Waals surface area contributed by atoms with Gasteiger partial charge in [0.15, 0.2) is 0 Å². The van der Waals surface area contributed by atoms with Gasteiger partial charge in [0.2, 0.25) is 0 Å². The lowest BCUT2D eigenvalue weighted by Crippen LogP contribution is -2.44. The topological polar surface area (TPSA) is 66.4 Å². The van der Waals surface area contributed by atoms with Crippen LogP contribution < -0.4 is 5.32 Å². The summed E-state index contributed by atoms with van der Waals surface area (Å²) in [5.74, 6) is -2.08. The normalized spacial score (nSPS) is 12.6. The molecule has 0 bridgehead atoms. The number of carboxylic acids is 1. The van der Waals surface area contributed by atoms with E-state index in [0.717, 1.165) is 10.9 Å². The first kappa shape index (κ1) is 15.4. The highest BCUT2D eigenvalue weighted by Gasteiger charge is 2.25. The third-order valence-electron chi connectivity index (χ3n) is 3.33. The molecule has 0 aliphatic heterocycles. The van der Waals surface area contributed by atoms with E-state index >= 15 is 0 Å². The summed E-state index contributed by atoms with van der Waals surface area (Å²) < 4.78 is 13.9. The number of carbonyl (C=O) groups is 2. The second kappa shape index (κ2) is 5.81. The molecule has 0 saturated carbocycles. The Kier molecular flexibility index (Phi) is 4.27. The lowest BCUT2D eigenvalue weighted by molar-refractivity contribution is -0.140. The Hall–Kier alpha value is -1.95. The average Bonchev–Trinajstić information content (AvgIpc) is 2.71. The van der Waals surface area contributed by atoms with Crippen molar-refractivity contribution in [3.8, 4) is 0 Å². The summed E-state index contributed by atoms with van der Waals surface area (Å²) in [6.07, 6.45) is 0. The van der Waals surface area contributed by atoms with E-state index in [2.05, 4.69) is 5.32 Å². The monoisotopic (exact) mass is 309 g/mol. The van der Waals surface area contributed by atoms with Gasteiger partial charge in [0.1, 0.15) is 11.9 Å². The highest BCUT2D eigenvalue weighted by molar-refractivity contribution is 7.21. The number of carbonyl (C=O) groups excluding carboxylic acids is 1. The van der Waals surface area contributed by atoms with Crippen LogP contribution >= 0.6 is 11.3 Å². The molecule has 21 heavy (non-hydrogen) atoms. The van der Waals surface area contributed by atoms with Gasteiger partial charge in [-0.05, 0) is 35.9 Å². The lowest BCUT2D eigenvalue weighted by Gasteiger charge is -2.17. The maximum atomic E-state index is 13.2. The number of halogens is 1. The van der Waals surface area contributed by atoms with E-state index < -0.39 is 17.9 Å². The van der Waals surface area contributed by atoms with Crippen LogP contribution in [0.5, 0.6) is 0 Å². The molecule has 4 nitrogen and oxygen atoms in total. The number of nitrogens with one attached hydrogen (secondary N) is 1. The molecular formula is C15H16FNO3S. The number of aliphatic carboxylic acids is 1. The Morgan fingerprint density at radius 2 is 2.00 bits per heavy atom. The predicted octanol–water partition coefficient (Wildman–Crippen LogP) is 3.19. The van der Waals surface area contributed by atoms with Crippen LogP contribution in [-0.4, -0.2) is 23.0 Å². The third kappa shape index (κ3) is 3.05. The molecule has 1 aromatic carbocycles. The third-order valence-corrected chi connectivity index (χ3v) is 4.58. The van der Waals surface area contributed by atoms with Crippen molar-refractivity contribution in [2.24, 2.45) is 5.92 Å². The number of hydrogen-bond donors (Lipinski definition) is 2. The minimum absolute atomic E-state index is 0.224. The number of thiophene rings is 1. The molecule has 0 aliphatic rings. The molecular weight excluding hydrogens is 293 g/mol. The molecule has 0 spiro atoms. The van der Waals surface area contributed by atoms with E-state index in [0.29, 0.717) is 9.58 Å². The molecule has 0 saturated heterocycles. The molecule has 1 atom stereocenters. The number of benzene rings is 1.